The minimum absolute atomic E-state index is 0.327. The summed E-state index contributed by atoms with van der Waals surface area (Å²) in [6, 6.07) is 1.36. The fraction of sp³-hybridized carbons (Fsp3) is 1.00. The molecule has 3 aliphatic heterocycles. The Kier molecular flexibility index (Phi) is 4.13. The van der Waals surface area contributed by atoms with Crippen molar-refractivity contribution in [3.63, 3.8) is 0 Å². The van der Waals surface area contributed by atoms with Crippen molar-refractivity contribution in [1.82, 2.24) is 10.2 Å². The predicted molar refractivity (Wildman–Crippen MR) is 82.9 cm³/mol. The zero-order valence-electron chi connectivity index (χ0n) is 13.7. The van der Waals surface area contributed by atoms with Crippen LogP contribution in [0, 0.1) is 5.92 Å². The number of piperazine rings is 1. The lowest BCUT2D eigenvalue weighted by molar-refractivity contribution is -0.00953. The second kappa shape index (κ2) is 5.58. The van der Waals surface area contributed by atoms with Gasteiger partial charge in [0, 0.05) is 30.7 Å². The van der Waals surface area contributed by atoms with Gasteiger partial charge < -0.3 is 10.1 Å². The van der Waals surface area contributed by atoms with E-state index in [0.717, 1.165) is 6.54 Å². The molecule has 2 bridgehead atoms. The van der Waals surface area contributed by atoms with Gasteiger partial charge >= 0.3 is 0 Å². The summed E-state index contributed by atoms with van der Waals surface area (Å²) in [7, 11) is 0. The van der Waals surface area contributed by atoms with Crippen molar-refractivity contribution in [3.05, 3.63) is 0 Å². The Morgan fingerprint density at radius 2 is 2.00 bits per heavy atom. The molecule has 0 aromatic heterocycles. The molecule has 3 fully saturated rings. The molecule has 0 saturated carbocycles. The lowest BCUT2D eigenvalue weighted by Gasteiger charge is -2.52. The van der Waals surface area contributed by atoms with E-state index in [1.165, 1.54) is 38.6 Å². The van der Waals surface area contributed by atoms with E-state index in [9.17, 15) is 0 Å². The van der Waals surface area contributed by atoms with Crippen LogP contribution in [0.4, 0.5) is 0 Å². The van der Waals surface area contributed by atoms with Crippen LogP contribution in [0.3, 0.4) is 0 Å². The van der Waals surface area contributed by atoms with Gasteiger partial charge in [-0.25, -0.2) is 0 Å². The molecule has 3 aliphatic rings. The first kappa shape index (κ1) is 14.8. The quantitative estimate of drug-likeness (QED) is 0.857. The van der Waals surface area contributed by atoms with Crippen molar-refractivity contribution in [2.24, 2.45) is 5.92 Å². The zero-order chi connectivity index (χ0) is 14.3. The number of nitrogens with zero attached hydrogens (tertiary/aromatic N) is 1. The standard InChI is InChI=1S/C17H32N2O/c1-5-17(6-2)11-19(15(10-18-17)12(3)4)14-9-13-7-8-16(14)20-13/h12-16,18H,5-11H2,1-4H3. The molecular weight excluding hydrogens is 248 g/mol. The summed E-state index contributed by atoms with van der Waals surface area (Å²) in [6.45, 7) is 11.8. The van der Waals surface area contributed by atoms with E-state index in [0.29, 0.717) is 35.7 Å². The lowest BCUT2D eigenvalue weighted by atomic mass is 9.83. The van der Waals surface area contributed by atoms with E-state index in [-0.39, 0.29) is 0 Å². The van der Waals surface area contributed by atoms with Crippen molar-refractivity contribution < 1.29 is 4.74 Å². The molecule has 0 aromatic carbocycles. The maximum absolute atomic E-state index is 6.14. The van der Waals surface area contributed by atoms with Gasteiger partial charge in [-0.3, -0.25) is 4.90 Å². The average Bonchev–Trinajstić information content (AvgIpc) is 3.09. The smallest absolute Gasteiger partial charge is 0.0736 e. The molecule has 0 amide bonds. The fourth-order valence-corrected chi connectivity index (χ4v) is 4.63. The normalized spacial score (nSPS) is 40.6. The predicted octanol–water partition coefficient (Wildman–Crippen LogP) is 2.79. The van der Waals surface area contributed by atoms with Crippen LogP contribution in [0.15, 0.2) is 0 Å². The number of nitrogens with one attached hydrogen (secondary N) is 1. The highest BCUT2D eigenvalue weighted by Gasteiger charge is 2.49. The van der Waals surface area contributed by atoms with Gasteiger partial charge in [0.1, 0.15) is 0 Å². The molecule has 116 valence electrons. The first-order chi connectivity index (χ1) is 9.58. The second-order valence-electron chi connectivity index (χ2n) is 7.53. The average molecular weight is 280 g/mol. The highest BCUT2D eigenvalue weighted by molar-refractivity contribution is 5.04. The van der Waals surface area contributed by atoms with Crippen molar-refractivity contribution in [2.45, 2.75) is 89.6 Å². The first-order valence-corrected chi connectivity index (χ1v) is 8.75. The van der Waals surface area contributed by atoms with E-state index in [1.54, 1.807) is 0 Å². The molecule has 0 aromatic rings. The molecule has 1 N–H and O–H groups in total. The lowest BCUT2D eigenvalue weighted by Crippen LogP contribution is -2.68. The monoisotopic (exact) mass is 280 g/mol. The highest BCUT2D eigenvalue weighted by atomic mass is 16.5. The van der Waals surface area contributed by atoms with Gasteiger partial charge in [0.05, 0.1) is 12.2 Å². The van der Waals surface area contributed by atoms with Crippen molar-refractivity contribution >= 4 is 0 Å². The fourth-order valence-electron chi connectivity index (χ4n) is 4.63. The summed E-state index contributed by atoms with van der Waals surface area (Å²) in [5.74, 6) is 0.716. The van der Waals surface area contributed by atoms with Gasteiger partial charge in [-0.05, 0) is 38.0 Å². The van der Waals surface area contributed by atoms with Crippen LogP contribution in [0.25, 0.3) is 0 Å². The van der Waals surface area contributed by atoms with Crippen LogP contribution in [-0.2, 0) is 4.74 Å². The van der Waals surface area contributed by atoms with Crippen LogP contribution in [0.2, 0.25) is 0 Å². The van der Waals surface area contributed by atoms with E-state index < -0.39 is 0 Å². The Bertz CT molecular complexity index is 340. The minimum atomic E-state index is 0.327. The Balaban J connectivity index is 1.79. The van der Waals surface area contributed by atoms with Gasteiger partial charge in [-0.1, -0.05) is 27.7 Å². The first-order valence-electron chi connectivity index (χ1n) is 8.75. The molecule has 4 atom stereocenters. The Labute approximate surface area is 124 Å². The van der Waals surface area contributed by atoms with Crippen LogP contribution < -0.4 is 5.32 Å². The molecule has 3 heteroatoms. The molecule has 0 spiro atoms. The van der Waals surface area contributed by atoms with Gasteiger partial charge in [-0.15, -0.1) is 0 Å². The third-order valence-electron chi connectivity index (χ3n) is 6.22. The van der Waals surface area contributed by atoms with Gasteiger partial charge in [0.2, 0.25) is 0 Å². The van der Waals surface area contributed by atoms with Crippen molar-refractivity contribution in [2.75, 3.05) is 13.1 Å². The van der Waals surface area contributed by atoms with E-state index in [2.05, 4.69) is 37.9 Å². The van der Waals surface area contributed by atoms with Crippen LogP contribution in [-0.4, -0.2) is 47.8 Å². The van der Waals surface area contributed by atoms with Crippen molar-refractivity contribution in [3.8, 4) is 0 Å². The Morgan fingerprint density at radius 3 is 2.50 bits per heavy atom. The molecule has 3 saturated heterocycles. The van der Waals surface area contributed by atoms with E-state index >= 15 is 0 Å². The minimum Gasteiger partial charge on any atom is -0.373 e. The van der Waals surface area contributed by atoms with Crippen LogP contribution in [0.5, 0.6) is 0 Å². The maximum Gasteiger partial charge on any atom is 0.0736 e. The number of hydrogen-bond donors (Lipinski definition) is 1. The summed E-state index contributed by atoms with van der Waals surface area (Å²) in [5.41, 5.74) is 0.327. The molecule has 0 radical (unpaired) electrons. The summed E-state index contributed by atoms with van der Waals surface area (Å²) >= 11 is 0. The van der Waals surface area contributed by atoms with Crippen molar-refractivity contribution in [1.29, 1.82) is 0 Å². The number of ether oxygens (including phenoxy) is 1. The van der Waals surface area contributed by atoms with Crippen LogP contribution in [0.1, 0.15) is 59.8 Å². The summed E-state index contributed by atoms with van der Waals surface area (Å²) in [4.78, 5) is 2.83. The second-order valence-corrected chi connectivity index (χ2v) is 7.53. The molecular formula is C17H32N2O. The molecule has 20 heavy (non-hydrogen) atoms. The Hall–Kier alpha value is -0.120. The van der Waals surface area contributed by atoms with Crippen LogP contribution >= 0.6 is 0 Å². The number of hydrogen-bond acceptors (Lipinski definition) is 3. The van der Waals surface area contributed by atoms with Gasteiger partial charge in [0.25, 0.3) is 0 Å². The third-order valence-corrected chi connectivity index (χ3v) is 6.22. The third kappa shape index (κ3) is 2.42. The Morgan fingerprint density at radius 1 is 1.25 bits per heavy atom. The molecule has 4 unspecified atom stereocenters. The van der Waals surface area contributed by atoms with E-state index in [1.807, 2.05) is 0 Å². The van der Waals surface area contributed by atoms with Gasteiger partial charge in [-0.2, -0.15) is 0 Å². The largest absolute Gasteiger partial charge is 0.373 e. The van der Waals surface area contributed by atoms with E-state index in [4.69, 9.17) is 4.74 Å². The molecule has 3 heterocycles. The number of rotatable bonds is 4. The molecule has 3 rings (SSSR count). The summed E-state index contributed by atoms with van der Waals surface area (Å²) < 4.78 is 6.14. The van der Waals surface area contributed by atoms with Gasteiger partial charge in [0.15, 0.2) is 0 Å². The summed E-state index contributed by atoms with van der Waals surface area (Å²) in [5, 5.41) is 3.88. The highest BCUT2D eigenvalue weighted by Crippen LogP contribution is 2.40. The number of fused-ring (bicyclic) bond motifs is 2. The maximum atomic E-state index is 6.14. The molecule has 0 aliphatic carbocycles. The molecule has 3 nitrogen and oxygen atoms in total. The summed E-state index contributed by atoms with van der Waals surface area (Å²) in [6.07, 6.45) is 7.40. The topological polar surface area (TPSA) is 24.5 Å². The SMILES string of the molecule is CCC1(CC)CN(C2CC3CCC2O3)C(C(C)C)CN1. The zero-order valence-corrected chi connectivity index (χ0v) is 13.7.